The van der Waals surface area contributed by atoms with E-state index in [4.69, 9.17) is 10.7 Å². The summed E-state index contributed by atoms with van der Waals surface area (Å²) in [5.74, 6) is 10.1. The van der Waals surface area contributed by atoms with Crippen molar-refractivity contribution in [2.24, 2.45) is 17.6 Å². The van der Waals surface area contributed by atoms with Crippen molar-refractivity contribution in [2.45, 2.75) is 44.8 Å². The van der Waals surface area contributed by atoms with Gasteiger partial charge in [-0.1, -0.05) is 30.9 Å². The van der Waals surface area contributed by atoms with E-state index >= 15 is 0 Å². The standard InChI is InChI=1S/C29H27FN6/c1-2-25(31)32-14-26-33-24-11-16(10-22(30)28(24)35-26)4-3-15-5-7-19-17(9-15)6-8-23-27(19)36-29(34-23)21-13-18-12-20(18)21/h5-11,18,20-21,25,32H,2,12-14,31H2,1H3,(H,33,35)(H,34,36)/t18-,20?,21-,25?/m1/s1. The number of nitrogens with two attached hydrogens (primary N) is 1. The third-order valence-electron chi connectivity index (χ3n) is 7.80. The van der Waals surface area contributed by atoms with Crippen molar-refractivity contribution in [3.63, 3.8) is 0 Å². The Kier molecular flexibility index (Phi) is 4.88. The molecule has 2 aliphatic carbocycles. The zero-order valence-electron chi connectivity index (χ0n) is 20.0. The Morgan fingerprint density at radius 3 is 2.72 bits per heavy atom. The van der Waals surface area contributed by atoms with Crippen molar-refractivity contribution in [1.82, 2.24) is 25.3 Å². The number of rotatable bonds is 5. The molecule has 5 N–H and O–H groups in total. The summed E-state index contributed by atoms with van der Waals surface area (Å²) in [6.45, 7) is 2.45. The van der Waals surface area contributed by atoms with E-state index in [0.717, 1.165) is 51.5 Å². The maximum atomic E-state index is 14.7. The Hall–Kier alpha value is -3.73. The zero-order valence-corrected chi connectivity index (χ0v) is 20.0. The molecule has 0 radical (unpaired) electrons. The normalized spacial score (nSPS) is 21.2. The minimum absolute atomic E-state index is 0.120. The van der Waals surface area contributed by atoms with Gasteiger partial charge in [-0.05, 0) is 66.8 Å². The number of benzene rings is 3. The van der Waals surface area contributed by atoms with Crippen LogP contribution in [-0.4, -0.2) is 26.1 Å². The summed E-state index contributed by atoms with van der Waals surface area (Å²) in [5.41, 5.74) is 10.4. The van der Waals surface area contributed by atoms with Gasteiger partial charge in [0.25, 0.3) is 0 Å². The van der Waals surface area contributed by atoms with E-state index in [1.165, 1.54) is 18.9 Å². The predicted octanol–water partition coefficient (Wildman–Crippen LogP) is 5.04. The molecule has 2 saturated carbocycles. The first-order valence-corrected chi connectivity index (χ1v) is 12.7. The Labute approximate surface area is 207 Å². The van der Waals surface area contributed by atoms with Gasteiger partial charge < -0.3 is 15.7 Å². The van der Waals surface area contributed by atoms with E-state index in [9.17, 15) is 4.39 Å². The molecule has 6 nitrogen and oxygen atoms in total. The highest BCUT2D eigenvalue weighted by molar-refractivity contribution is 6.04. The molecule has 3 aromatic carbocycles. The predicted molar refractivity (Wildman–Crippen MR) is 140 cm³/mol. The van der Waals surface area contributed by atoms with Crippen LogP contribution in [0.3, 0.4) is 0 Å². The van der Waals surface area contributed by atoms with Gasteiger partial charge in [0.05, 0.1) is 29.3 Å². The molecule has 0 spiro atoms. The SMILES string of the molecule is CCC(N)NCc1nc2c(F)cc(C#Cc3ccc4c(ccc5[nH]c([C@@H]6C[C@H]7CC76)nc54)c3)cc2[nH]1. The van der Waals surface area contributed by atoms with E-state index in [1.54, 1.807) is 0 Å². The maximum absolute atomic E-state index is 14.7. The van der Waals surface area contributed by atoms with Crippen LogP contribution in [-0.2, 0) is 6.54 Å². The summed E-state index contributed by atoms with van der Waals surface area (Å²) >= 11 is 0. The third kappa shape index (κ3) is 3.65. The second-order valence-electron chi connectivity index (χ2n) is 10.2. The van der Waals surface area contributed by atoms with Crippen LogP contribution in [0.25, 0.3) is 32.8 Å². The van der Waals surface area contributed by atoms with Crippen molar-refractivity contribution in [3.05, 3.63) is 71.1 Å². The largest absolute Gasteiger partial charge is 0.342 e. The molecule has 180 valence electrons. The molecule has 4 atom stereocenters. The maximum Gasteiger partial charge on any atom is 0.152 e. The fourth-order valence-corrected chi connectivity index (χ4v) is 5.53. The minimum atomic E-state index is -0.390. The molecule has 2 unspecified atom stereocenters. The lowest BCUT2D eigenvalue weighted by Crippen LogP contribution is -2.36. The van der Waals surface area contributed by atoms with Gasteiger partial charge in [0.15, 0.2) is 5.82 Å². The molecule has 2 aromatic heterocycles. The molecular formula is C29H27FN6. The molecule has 2 fully saturated rings. The van der Waals surface area contributed by atoms with Gasteiger partial charge >= 0.3 is 0 Å². The van der Waals surface area contributed by atoms with Crippen molar-refractivity contribution in [3.8, 4) is 11.8 Å². The Bertz CT molecular complexity index is 1700. The second kappa shape index (κ2) is 8.16. The molecule has 0 saturated heterocycles. The van der Waals surface area contributed by atoms with Gasteiger partial charge in [0, 0.05) is 22.4 Å². The van der Waals surface area contributed by atoms with Crippen LogP contribution >= 0.6 is 0 Å². The lowest BCUT2D eigenvalue weighted by atomic mass is 9.85. The summed E-state index contributed by atoms with van der Waals surface area (Å²) in [4.78, 5) is 16.1. The number of imidazole rings is 2. The number of aromatic amines is 2. The van der Waals surface area contributed by atoms with E-state index < -0.39 is 5.82 Å². The average molecular weight is 479 g/mol. The number of aromatic nitrogens is 4. The van der Waals surface area contributed by atoms with Crippen LogP contribution < -0.4 is 11.1 Å². The first-order chi connectivity index (χ1) is 17.6. The molecule has 5 aromatic rings. The van der Waals surface area contributed by atoms with Crippen LogP contribution in [0.1, 0.15) is 54.9 Å². The summed E-state index contributed by atoms with van der Waals surface area (Å²) in [5, 5.41) is 5.39. The first-order valence-electron chi connectivity index (χ1n) is 12.7. The fourth-order valence-electron chi connectivity index (χ4n) is 5.53. The number of halogens is 1. The summed E-state index contributed by atoms with van der Waals surface area (Å²) in [7, 11) is 0. The Balaban J connectivity index is 1.16. The highest BCUT2D eigenvalue weighted by atomic mass is 19.1. The van der Waals surface area contributed by atoms with Crippen LogP contribution in [0, 0.1) is 29.5 Å². The zero-order chi connectivity index (χ0) is 24.4. The molecule has 7 heteroatoms. The molecule has 2 heterocycles. The number of nitrogens with zero attached hydrogens (tertiary/aromatic N) is 2. The number of hydrogen-bond donors (Lipinski definition) is 4. The van der Waals surface area contributed by atoms with Crippen molar-refractivity contribution >= 4 is 32.8 Å². The van der Waals surface area contributed by atoms with Gasteiger partial charge in [-0.2, -0.15) is 0 Å². The molecule has 2 aliphatic rings. The fraction of sp³-hybridized carbons (Fsp3) is 0.310. The van der Waals surface area contributed by atoms with Crippen LogP contribution in [0.5, 0.6) is 0 Å². The third-order valence-corrected chi connectivity index (χ3v) is 7.80. The second-order valence-corrected chi connectivity index (χ2v) is 10.2. The van der Waals surface area contributed by atoms with Gasteiger partial charge in [0.2, 0.25) is 0 Å². The van der Waals surface area contributed by atoms with Gasteiger partial charge in [-0.3, -0.25) is 5.32 Å². The van der Waals surface area contributed by atoms with Gasteiger partial charge in [-0.15, -0.1) is 0 Å². The topological polar surface area (TPSA) is 95.4 Å². The van der Waals surface area contributed by atoms with Crippen molar-refractivity contribution in [1.29, 1.82) is 0 Å². The van der Waals surface area contributed by atoms with Gasteiger partial charge in [0.1, 0.15) is 17.2 Å². The average Bonchev–Trinajstić information content (AvgIpc) is 3.21. The minimum Gasteiger partial charge on any atom is -0.342 e. The molecule has 0 amide bonds. The Morgan fingerprint density at radius 2 is 1.92 bits per heavy atom. The van der Waals surface area contributed by atoms with Crippen LogP contribution in [0.2, 0.25) is 0 Å². The van der Waals surface area contributed by atoms with Crippen molar-refractivity contribution < 1.29 is 4.39 Å². The highest BCUT2D eigenvalue weighted by Gasteiger charge is 2.54. The van der Waals surface area contributed by atoms with E-state index in [1.807, 2.05) is 19.1 Å². The monoisotopic (exact) mass is 478 g/mol. The molecule has 0 aliphatic heterocycles. The van der Waals surface area contributed by atoms with E-state index in [-0.39, 0.29) is 6.17 Å². The molecule has 7 rings (SSSR count). The smallest absolute Gasteiger partial charge is 0.152 e. The lowest BCUT2D eigenvalue weighted by Gasteiger charge is -2.21. The summed E-state index contributed by atoms with van der Waals surface area (Å²) in [6, 6.07) is 13.7. The van der Waals surface area contributed by atoms with Crippen LogP contribution in [0.15, 0.2) is 42.5 Å². The Morgan fingerprint density at radius 1 is 1.03 bits per heavy atom. The first kappa shape index (κ1) is 21.5. The molecular weight excluding hydrogens is 451 g/mol. The van der Waals surface area contributed by atoms with E-state index in [2.05, 4.69) is 56.4 Å². The van der Waals surface area contributed by atoms with E-state index in [0.29, 0.717) is 34.9 Å². The van der Waals surface area contributed by atoms with Gasteiger partial charge in [-0.25, -0.2) is 14.4 Å². The summed E-state index contributed by atoms with van der Waals surface area (Å²) < 4.78 is 14.7. The van der Waals surface area contributed by atoms with Crippen LogP contribution in [0.4, 0.5) is 4.39 Å². The molecule has 0 bridgehead atoms. The van der Waals surface area contributed by atoms with Crippen molar-refractivity contribution in [2.75, 3.05) is 0 Å². The lowest BCUT2D eigenvalue weighted by molar-refractivity contribution is 0.374. The number of nitrogens with one attached hydrogen (secondary N) is 3. The highest BCUT2D eigenvalue weighted by Crippen LogP contribution is 2.63. The quantitative estimate of drug-likeness (QED) is 0.210. The summed E-state index contributed by atoms with van der Waals surface area (Å²) in [6.07, 6.45) is 3.33. The number of fused-ring (bicyclic) bond motifs is 5. The number of hydrogen-bond acceptors (Lipinski definition) is 4. The number of H-pyrrole nitrogens is 2. The molecule has 36 heavy (non-hydrogen) atoms.